The molecule has 5 aromatic carbocycles. The summed E-state index contributed by atoms with van der Waals surface area (Å²) in [4.78, 5) is 0. The molecular weight excluding hydrogens is 452 g/mol. The van der Waals surface area contributed by atoms with Gasteiger partial charge in [0.1, 0.15) is 0 Å². The summed E-state index contributed by atoms with van der Waals surface area (Å²) < 4.78 is 6.77. The van der Waals surface area contributed by atoms with Crippen molar-refractivity contribution in [2.45, 2.75) is 5.60 Å². The van der Waals surface area contributed by atoms with Crippen molar-refractivity contribution >= 4 is 16.8 Å². The molecule has 6 rings (SSSR count). The molecule has 0 aliphatic carbocycles. The van der Waals surface area contributed by atoms with E-state index in [1.165, 1.54) is 12.1 Å². The molecule has 5 nitrogen and oxygen atoms in total. The van der Waals surface area contributed by atoms with Crippen LogP contribution in [0.3, 0.4) is 0 Å². The second kappa shape index (κ2) is 8.10. The molecule has 0 saturated carbocycles. The summed E-state index contributed by atoms with van der Waals surface area (Å²) in [6, 6.07) is 29.8. The standard InChI is InChI=1S/C31H22O5/c32-25-17-19(18-26(33)28(25)34)27-23-14-8-7-13-22(23)24-15-16-31(36-30(24)29(27)35,20-9-3-1-4-10-20)21-11-5-2-6-12-21/h1-18,32-35H. The van der Waals surface area contributed by atoms with Crippen LogP contribution in [0.2, 0.25) is 0 Å². The lowest BCUT2D eigenvalue weighted by molar-refractivity contribution is 0.155. The molecule has 0 unspecified atom stereocenters. The Hall–Kier alpha value is -4.90. The number of phenolic OH excluding ortho intramolecular Hbond substituents is 4. The Bertz CT molecular complexity index is 1580. The van der Waals surface area contributed by atoms with Crippen LogP contribution < -0.4 is 4.74 Å². The Labute approximate surface area is 207 Å². The van der Waals surface area contributed by atoms with E-state index < -0.39 is 22.8 Å². The molecule has 0 fully saturated rings. The molecule has 0 radical (unpaired) electrons. The summed E-state index contributed by atoms with van der Waals surface area (Å²) in [5, 5.41) is 43.5. The number of aromatic hydroxyl groups is 4. The van der Waals surface area contributed by atoms with Gasteiger partial charge in [0.05, 0.1) is 0 Å². The summed E-state index contributed by atoms with van der Waals surface area (Å²) in [6.07, 6.45) is 3.97. The molecule has 0 aromatic heterocycles. The van der Waals surface area contributed by atoms with E-state index >= 15 is 0 Å². The fourth-order valence-corrected chi connectivity index (χ4v) is 4.98. The van der Waals surface area contributed by atoms with Crippen LogP contribution in [0.4, 0.5) is 0 Å². The molecule has 4 N–H and O–H groups in total. The van der Waals surface area contributed by atoms with Crippen molar-refractivity contribution in [2.24, 2.45) is 0 Å². The molecule has 5 aromatic rings. The molecule has 176 valence electrons. The third-order valence-corrected chi connectivity index (χ3v) is 6.69. The minimum Gasteiger partial charge on any atom is -0.504 e. The first-order valence-corrected chi connectivity index (χ1v) is 11.5. The molecule has 0 amide bonds. The summed E-state index contributed by atoms with van der Waals surface area (Å²) in [7, 11) is 0. The van der Waals surface area contributed by atoms with E-state index in [-0.39, 0.29) is 11.5 Å². The normalized spacial score (nSPS) is 13.8. The molecule has 0 spiro atoms. The SMILES string of the molecule is Oc1cc(-c2c(O)c3c(c4ccccc24)C=CC(c2ccccc2)(c2ccccc2)O3)cc(O)c1O. The first-order chi connectivity index (χ1) is 17.5. The van der Waals surface area contributed by atoms with Crippen LogP contribution in [0.1, 0.15) is 16.7 Å². The molecule has 1 aliphatic rings. The van der Waals surface area contributed by atoms with Crippen molar-refractivity contribution < 1.29 is 25.2 Å². The van der Waals surface area contributed by atoms with Gasteiger partial charge >= 0.3 is 0 Å². The predicted octanol–water partition coefficient (Wildman–Crippen LogP) is 6.68. The zero-order chi connectivity index (χ0) is 24.9. The lowest BCUT2D eigenvalue weighted by atomic mass is 9.82. The van der Waals surface area contributed by atoms with E-state index in [0.29, 0.717) is 16.5 Å². The van der Waals surface area contributed by atoms with Crippen LogP contribution in [-0.4, -0.2) is 20.4 Å². The summed E-state index contributed by atoms with van der Waals surface area (Å²) >= 11 is 0. The number of benzene rings is 5. The van der Waals surface area contributed by atoms with Gasteiger partial charge in [0.25, 0.3) is 0 Å². The van der Waals surface area contributed by atoms with E-state index in [1.54, 1.807) is 0 Å². The Morgan fingerprint density at radius 3 is 1.69 bits per heavy atom. The van der Waals surface area contributed by atoms with E-state index in [1.807, 2.05) is 97.1 Å². The average molecular weight is 475 g/mol. The zero-order valence-electron chi connectivity index (χ0n) is 19.1. The molecular formula is C31H22O5. The van der Waals surface area contributed by atoms with Gasteiger partial charge in [-0.15, -0.1) is 0 Å². The highest BCUT2D eigenvalue weighted by Gasteiger charge is 2.39. The fraction of sp³-hybridized carbons (Fsp3) is 0.0323. The Kier molecular flexibility index (Phi) is 4.86. The topological polar surface area (TPSA) is 90.2 Å². The number of fused-ring (bicyclic) bond motifs is 3. The molecule has 0 atom stereocenters. The Morgan fingerprint density at radius 2 is 1.11 bits per heavy atom. The van der Waals surface area contributed by atoms with Gasteiger partial charge < -0.3 is 25.2 Å². The number of hydrogen-bond acceptors (Lipinski definition) is 5. The van der Waals surface area contributed by atoms with Gasteiger partial charge in [-0.3, -0.25) is 0 Å². The average Bonchev–Trinajstić information content (AvgIpc) is 2.92. The van der Waals surface area contributed by atoms with Gasteiger partial charge in [-0.1, -0.05) is 84.9 Å². The van der Waals surface area contributed by atoms with Crippen molar-refractivity contribution in [1.82, 2.24) is 0 Å². The van der Waals surface area contributed by atoms with Crippen LogP contribution in [0.5, 0.6) is 28.7 Å². The van der Waals surface area contributed by atoms with Crippen molar-refractivity contribution in [3.05, 3.63) is 120 Å². The molecule has 36 heavy (non-hydrogen) atoms. The molecule has 1 aliphatic heterocycles. The third-order valence-electron chi connectivity index (χ3n) is 6.69. The molecule has 5 heteroatoms. The molecule has 0 bridgehead atoms. The largest absolute Gasteiger partial charge is 0.504 e. The number of rotatable bonds is 3. The van der Waals surface area contributed by atoms with E-state index in [4.69, 9.17) is 4.74 Å². The first-order valence-electron chi connectivity index (χ1n) is 11.5. The maximum atomic E-state index is 11.7. The highest BCUT2D eigenvalue weighted by Crippen LogP contribution is 2.53. The highest BCUT2D eigenvalue weighted by atomic mass is 16.5. The van der Waals surface area contributed by atoms with E-state index in [9.17, 15) is 20.4 Å². The van der Waals surface area contributed by atoms with Gasteiger partial charge in [0, 0.05) is 22.3 Å². The monoisotopic (exact) mass is 474 g/mol. The first kappa shape index (κ1) is 21.6. The molecule has 0 saturated heterocycles. The molecule has 1 heterocycles. The second-order valence-electron chi connectivity index (χ2n) is 8.78. The number of phenols is 4. The van der Waals surface area contributed by atoms with Gasteiger partial charge in [-0.2, -0.15) is 0 Å². The van der Waals surface area contributed by atoms with Gasteiger partial charge in [-0.25, -0.2) is 0 Å². The lowest BCUT2D eigenvalue weighted by Gasteiger charge is -2.37. The minimum atomic E-state index is -0.994. The highest BCUT2D eigenvalue weighted by molar-refractivity contribution is 6.07. The van der Waals surface area contributed by atoms with E-state index in [0.717, 1.165) is 22.1 Å². The maximum absolute atomic E-state index is 11.7. The number of hydrogen-bond donors (Lipinski definition) is 4. The predicted molar refractivity (Wildman–Crippen MR) is 139 cm³/mol. The zero-order valence-corrected chi connectivity index (χ0v) is 19.1. The van der Waals surface area contributed by atoms with Gasteiger partial charge in [0.15, 0.2) is 34.3 Å². The Balaban J connectivity index is 1.66. The van der Waals surface area contributed by atoms with Crippen LogP contribution >= 0.6 is 0 Å². The van der Waals surface area contributed by atoms with Crippen LogP contribution in [0, 0.1) is 0 Å². The van der Waals surface area contributed by atoms with Crippen LogP contribution in [0.15, 0.2) is 103 Å². The Morgan fingerprint density at radius 1 is 0.583 bits per heavy atom. The third kappa shape index (κ3) is 3.17. The number of ether oxygens (including phenoxy) is 1. The second-order valence-corrected chi connectivity index (χ2v) is 8.78. The van der Waals surface area contributed by atoms with Crippen LogP contribution in [-0.2, 0) is 5.60 Å². The van der Waals surface area contributed by atoms with Crippen molar-refractivity contribution in [3.63, 3.8) is 0 Å². The van der Waals surface area contributed by atoms with Gasteiger partial charge in [0.2, 0.25) is 0 Å². The van der Waals surface area contributed by atoms with Crippen LogP contribution in [0.25, 0.3) is 28.0 Å². The minimum absolute atomic E-state index is 0.131. The van der Waals surface area contributed by atoms with Gasteiger partial charge in [-0.05, 0) is 40.6 Å². The quantitative estimate of drug-likeness (QED) is 0.219. The summed E-state index contributed by atoms with van der Waals surface area (Å²) in [6.45, 7) is 0. The smallest absolute Gasteiger partial charge is 0.200 e. The lowest BCUT2D eigenvalue weighted by Crippen LogP contribution is -2.34. The fourth-order valence-electron chi connectivity index (χ4n) is 4.98. The summed E-state index contributed by atoms with van der Waals surface area (Å²) in [5.74, 6) is -1.45. The van der Waals surface area contributed by atoms with Crippen molar-refractivity contribution in [2.75, 3.05) is 0 Å². The van der Waals surface area contributed by atoms with Crippen molar-refractivity contribution in [1.29, 1.82) is 0 Å². The summed E-state index contributed by atoms with van der Waals surface area (Å²) in [5.41, 5.74) is 2.23. The van der Waals surface area contributed by atoms with Crippen molar-refractivity contribution in [3.8, 4) is 39.9 Å². The van der Waals surface area contributed by atoms with E-state index in [2.05, 4.69) is 0 Å². The maximum Gasteiger partial charge on any atom is 0.200 e.